The molecule has 2 N–H and O–H groups in total. The zero-order valence-corrected chi connectivity index (χ0v) is 18.2. The first-order chi connectivity index (χ1) is 14.9. The summed E-state index contributed by atoms with van der Waals surface area (Å²) in [7, 11) is 3.99. The fourth-order valence-electron chi connectivity index (χ4n) is 3.79. The van der Waals surface area contributed by atoms with Crippen molar-refractivity contribution in [1.82, 2.24) is 10.2 Å². The Kier molecular flexibility index (Phi) is 7.87. The molecule has 2 aromatic rings. The van der Waals surface area contributed by atoms with E-state index in [1.807, 2.05) is 43.3 Å². The zero-order valence-electron chi connectivity index (χ0n) is 18.2. The standard InChI is InChI=1S/C24H31FN4O2/c1-28(2)22-11-8-18(9-12-22)16-26-23(30)13-10-19-5-4-14-29(17-19)24(31)27-21-7-3-6-20(25)15-21/h3,6-9,11-12,15,19H,4-5,10,13-14,16-17H2,1-2H3,(H,26,30)(H,27,31). The van der Waals surface area contributed by atoms with Crippen molar-refractivity contribution in [2.24, 2.45) is 5.92 Å². The smallest absolute Gasteiger partial charge is 0.321 e. The van der Waals surface area contributed by atoms with Crippen molar-refractivity contribution in [2.75, 3.05) is 37.4 Å². The van der Waals surface area contributed by atoms with Gasteiger partial charge in [-0.25, -0.2) is 9.18 Å². The third-order valence-electron chi connectivity index (χ3n) is 5.60. The molecule has 31 heavy (non-hydrogen) atoms. The summed E-state index contributed by atoms with van der Waals surface area (Å²) in [5, 5.41) is 5.73. The number of halogens is 1. The first kappa shape index (κ1) is 22.6. The highest BCUT2D eigenvalue weighted by molar-refractivity contribution is 5.89. The molecule has 0 bridgehead atoms. The third kappa shape index (κ3) is 6.98. The Morgan fingerprint density at radius 2 is 1.94 bits per heavy atom. The number of nitrogens with one attached hydrogen (secondary N) is 2. The summed E-state index contributed by atoms with van der Waals surface area (Å²) in [6.07, 6.45) is 3.10. The second kappa shape index (κ2) is 10.8. The van der Waals surface area contributed by atoms with E-state index in [0.29, 0.717) is 31.7 Å². The van der Waals surface area contributed by atoms with Crippen LogP contribution in [0.2, 0.25) is 0 Å². The van der Waals surface area contributed by atoms with Crippen molar-refractivity contribution in [3.63, 3.8) is 0 Å². The monoisotopic (exact) mass is 426 g/mol. The van der Waals surface area contributed by atoms with Crippen molar-refractivity contribution in [3.8, 4) is 0 Å². The van der Waals surface area contributed by atoms with Gasteiger partial charge in [-0.2, -0.15) is 0 Å². The number of nitrogens with zero attached hydrogens (tertiary/aromatic N) is 2. The van der Waals surface area contributed by atoms with E-state index in [0.717, 1.165) is 30.5 Å². The van der Waals surface area contributed by atoms with Crippen molar-refractivity contribution in [1.29, 1.82) is 0 Å². The van der Waals surface area contributed by atoms with Gasteiger partial charge in [0, 0.05) is 51.5 Å². The summed E-state index contributed by atoms with van der Waals surface area (Å²) < 4.78 is 13.3. The van der Waals surface area contributed by atoms with Crippen LogP contribution in [0.4, 0.5) is 20.6 Å². The highest BCUT2D eigenvalue weighted by atomic mass is 19.1. The minimum atomic E-state index is -0.381. The molecule has 6 nitrogen and oxygen atoms in total. The molecule has 7 heteroatoms. The van der Waals surface area contributed by atoms with Crippen LogP contribution < -0.4 is 15.5 Å². The maximum absolute atomic E-state index is 13.3. The Morgan fingerprint density at radius 3 is 2.65 bits per heavy atom. The van der Waals surface area contributed by atoms with E-state index >= 15 is 0 Å². The molecule has 0 radical (unpaired) electrons. The first-order valence-electron chi connectivity index (χ1n) is 10.7. The Bertz CT molecular complexity index is 885. The molecule has 166 valence electrons. The van der Waals surface area contributed by atoms with Gasteiger partial charge in [-0.1, -0.05) is 18.2 Å². The zero-order chi connectivity index (χ0) is 22.2. The van der Waals surface area contributed by atoms with Gasteiger partial charge in [-0.3, -0.25) is 4.79 Å². The van der Waals surface area contributed by atoms with Crippen LogP contribution in [0.3, 0.4) is 0 Å². The van der Waals surface area contributed by atoms with Crippen LogP contribution in [-0.4, -0.2) is 44.0 Å². The number of piperidine rings is 1. The number of hydrogen-bond donors (Lipinski definition) is 2. The molecule has 1 saturated heterocycles. The number of benzene rings is 2. The van der Waals surface area contributed by atoms with Gasteiger partial charge in [-0.05, 0) is 61.1 Å². The summed E-state index contributed by atoms with van der Waals surface area (Å²) in [5.41, 5.74) is 2.64. The van der Waals surface area contributed by atoms with Crippen molar-refractivity contribution < 1.29 is 14.0 Å². The maximum Gasteiger partial charge on any atom is 0.321 e. The van der Waals surface area contributed by atoms with E-state index < -0.39 is 0 Å². The van der Waals surface area contributed by atoms with Gasteiger partial charge in [0.05, 0.1) is 0 Å². The van der Waals surface area contributed by atoms with Crippen LogP contribution in [0.5, 0.6) is 0 Å². The molecule has 1 atom stereocenters. The Hall–Kier alpha value is -3.09. The van der Waals surface area contributed by atoms with Crippen molar-refractivity contribution in [2.45, 2.75) is 32.2 Å². The lowest BCUT2D eigenvalue weighted by Gasteiger charge is -2.32. The van der Waals surface area contributed by atoms with Crippen LogP contribution in [0.15, 0.2) is 48.5 Å². The van der Waals surface area contributed by atoms with Crippen LogP contribution in [0.25, 0.3) is 0 Å². The highest BCUT2D eigenvalue weighted by Crippen LogP contribution is 2.22. The fraction of sp³-hybridized carbons (Fsp3) is 0.417. The SMILES string of the molecule is CN(C)c1ccc(CNC(=O)CCC2CCCN(C(=O)Nc3cccc(F)c3)C2)cc1. The predicted molar refractivity (Wildman–Crippen MR) is 122 cm³/mol. The average molecular weight is 427 g/mol. The lowest BCUT2D eigenvalue weighted by atomic mass is 9.93. The number of carbonyl (C=O) groups excluding carboxylic acids is 2. The number of amides is 3. The van der Waals surface area contributed by atoms with Crippen LogP contribution in [0.1, 0.15) is 31.2 Å². The van der Waals surface area contributed by atoms with E-state index in [4.69, 9.17) is 0 Å². The largest absolute Gasteiger partial charge is 0.378 e. The summed E-state index contributed by atoms with van der Waals surface area (Å²) in [4.78, 5) is 28.6. The number of likely N-dealkylation sites (tertiary alicyclic amines) is 1. The first-order valence-corrected chi connectivity index (χ1v) is 10.7. The van der Waals surface area contributed by atoms with E-state index in [1.165, 1.54) is 12.1 Å². The fourth-order valence-corrected chi connectivity index (χ4v) is 3.79. The number of carbonyl (C=O) groups is 2. The summed E-state index contributed by atoms with van der Waals surface area (Å²) >= 11 is 0. The molecule has 1 aliphatic rings. The van der Waals surface area contributed by atoms with Gasteiger partial charge in [0.2, 0.25) is 5.91 Å². The van der Waals surface area contributed by atoms with Crippen molar-refractivity contribution >= 4 is 23.3 Å². The van der Waals surface area contributed by atoms with Gasteiger partial charge >= 0.3 is 6.03 Å². The molecule has 0 aromatic heterocycles. The number of urea groups is 1. The minimum Gasteiger partial charge on any atom is -0.378 e. The molecule has 1 fully saturated rings. The van der Waals surface area contributed by atoms with Gasteiger partial charge < -0.3 is 20.4 Å². The van der Waals surface area contributed by atoms with Gasteiger partial charge in [0.25, 0.3) is 0 Å². The van der Waals surface area contributed by atoms with Crippen LogP contribution in [-0.2, 0) is 11.3 Å². The number of rotatable bonds is 7. The molecular weight excluding hydrogens is 395 g/mol. The summed E-state index contributed by atoms with van der Waals surface area (Å²) in [6, 6.07) is 13.8. The molecule has 0 saturated carbocycles. The van der Waals surface area contributed by atoms with Gasteiger partial charge in [0.15, 0.2) is 0 Å². The Balaban J connectivity index is 1.40. The normalized spacial score (nSPS) is 16.0. The second-order valence-corrected chi connectivity index (χ2v) is 8.27. The number of anilines is 2. The topological polar surface area (TPSA) is 64.7 Å². The van der Waals surface area contributed by atoms with Crippen LogP contribution in [0, 0.1) is 11.7 Å². The lowest BCUT2D eigenvalue weighted by molar-refractivity contribution is -0.121. The maximum atomic E-state index is 13.3. The van der Waals surface area contributed by atoms with E-state index in [1.54, 1.807) is 17.0 Å². The molecule has 3 amide bonds. The van der Waals surface area contributed by atoms with Gasteiger partial charge in [-0.15, -0.1) is 0 Å². The average Bonchev–Trinajstić information content (AvgIpc) is 2.76. The quantitative estimate of drug-likeness (QED) is 0.696. The number of hydrogen-bond acceptors (Lipinski definition) is 3. The molecule has 1 unspecified atom stereocenters. The van der Waals surface area contributed by atoms with Crippen LogP contribution >= 0.6 is 0 Å². The van der Waals surface area contributed by atoms with E-state index in [-0.39, 0.29) is 23.7 Å². The third-order valence-corrected chi connectivity index (χ3v) is 5.60. The predicted octanol–water partition coefficient (Wildman–Crippen LogP) is 4.23. The molecule has 0 spiro atoms. The van der Waals surface area contributed by atoms with E-state index in [9.17, 15) is 14.0 Å². The Morgan fingerprint density at radius 1 is 1.16 bits per heavy atom. The lowest BCUT2D eigenvalue weighted by Crippen LogP contribution is -2.42. The minimum absolute atomic E-state index is 0.0259. The summed E-state index contributed by atoms with van der Waals surface area (Å²) in [6.45, 7) is 1.80. The molecule has 1 heterocycles. The molecule has 1 aliphatic heterocycles. The summed E-state index contributed by atoms with van der Waals surface area (Å²) in [5.74, 6) is -0.0656. The van der Waals surface area contributed by atoms with Crippen molar-refractivity contribution in [3.05, 3.63) is 59.9 Å². The molecule has 0 aliphatic carbocycles. The molecular formula is C24H31FN4O2. The van der Waals surface area contributed by atoms with Gasteiger partial charge in [0.1, 0.15) is 5.82 Å². The second-order valence-electron chi connectivity index (χ2n) is 8.27. The molecule has 3 rings (SSSR count). The molecule has 2 aromatic carbocycles. The van der Waals surface area contributed by atoms with E-state index in [2.05, 4.69) is 10.6 Å². The highest BCUT2D eigenvalue weighted by Gasteiger charge is 2.24. The Labute approximate surface area is 183 Å².